The maximum absolute atomic E-state index is 12.2. The molecule has 0 unspecified atom stereocenters. The number of nitrogens with zero attached hydrogens (tertiary/aromatic N) is 4. The lowest BCUT2D eigenvalue weighted by Crippen LogP contribution is -2.32. The van der Waals surface area contributed by atoms with E-state index in [1.807, 2.05) is 34.6 Å². The lowest BCUT2D eigenvalue weighted by Gasteiger charge is -2.20. The summed E-state index contributed by atoms with van der Waals surface area (Å²) in [5.74, 6) is 1.97. The molecule has 6 nitrogen and oxygen atoms in total. The van der Waals surface area contributed by atoms with Gasteiger partial charge in [0, 0.05) is 48.9 Å². The lowest BCUT2D eigenvalue weighted by molar-refractivity contribution is -0.130. The Labute approximate surface area is 180 Å². The number of rotatable bonds is 6. The highest BCUT2D eigenvalue weighted by molar-refractivity contribution is 7.19. The van der Waals surface area contributed by atoms with Crippen molar-refractivity contribution < 1.29 is 4.79 Å². The summed E-state index contributed by atoms with van der Waals surface area (Å²) in [5.41, 5.74) is 2.36. The molecule has 1 aliphatic heterocycles. The number of hydrogen-bond donors (Lipinski definition) is 1. The first-order chi connectivity index (χ1) is 14.8. The summed E-state index contributed by atoms with van der Waals surface area (Å²) in [6.45, 7) is 2.52. The summed E-state index contributed by atoms with van der Waals surface area (Å²) in [5, 5.41) is 4.78. The van der Waals surface area contributed by atoms with Crippen LogP contribution in [0.3, 0.4) is 0 Å². The van der Waals surface area contributed by atoms with Crippen molar-refractivity contribution in [1.29, 1.82) is 0 Å². The van der Waals surface area contributed by atoms with Crippen molar-refractivity contribution in [2.24, 2.45) is 0 Å². The number of pyridine rings is 1. The molecule has 1 aliphatic carbocycles. The summed E-state index contributed by atoms with van der Waals surface area (Å²) >= 11 is 1.81. The van der Waals surface area contributed by atoms with Crippen molar-refractivity contribution in [3.05, 3.63) is 35.0 Å². The zero-order valence-corrected chi connectivity index (χ0v) is 18.0. The SMILES string of the molecule is O=C1CCCCCN1CCCNc1nc(-c2cccnc2)nc2sc3c(c12)CCC3. The average Bonchev–Trinajstić information content (AvgIpc) is 3.29. The molecule has 1 saturated heterocycles. The molecule has 0 bridgehead atoms. The number of nitrogens with one attached hydrogen (secondary N) is 1. The van der Waals surface area contributed by atoms with Crippen LogP contribution in [0.2, 0.25) is 0 Å². The fourth-order valence-corrected chi connectivity index (χ4v) is 5.76. The second kappa shape index (κ2) is 8.68. The molecule has 3 aromatic heterocycles. The van der Waals surface area contributed by atoms with Crippen molar-refractivity contribution in [1.82, 2.24) is 19.9 Å². The first-order valence-electron chi connectivity index (χ1n) is 11.0. The van der Waals surface area contributed by atoms with Crippen LogP contribution in [0, 0.1) is 0 Å². The Bertz CT molecular complexity index is 1050. The van der Waals surface area contributed by atoms with Gasteiger partial charge in [-0.2, -0.15) is 0 Å². The molecule has 0 saturated carbocycles. The first kappa shape index (κ1) is 19.4. The number of aromatic nitrogens is 3. The second-order valence-electron chi connectivity index (χ2n) is 8.15. The van der Waals surface area contributed by atoms with Crippen LogP contribution in [0.1, 0.15) is 49.0 Å². The molecule has 1 fully saturated rings. The Hall–Kier alpha value is -2.54. The third-order valence-electron chi connectivity index (χ3n) is 6.05. The summed E-state index contributed by atoms with van der Waals surface area (Å²) in [7, 11) is 0. The van der Waals surface area contributed by atoms with Crippen molar-refractivity contribution in [2.75, 3.05) is 25.0 Å². The molecule has 30 heavy (non-hydrogen) atoms. The number of amides is 1. The van der Waals surface area contributed by atoms with E-state index in [2.05, 4.69) is 10.3 Å². The van der Waals surface area contributed by atoms with Gasteiger partial charge in [-0.1, -0.05) is 6.42 Å². The Kier molecular flexibility index (Phi) is 5.62. The molecule has 0 spiro atoms. The summed E-state index contributed by atoms with van der Waals surface area (Å²) < 4.78 is 0. The predicted octanol–water partition coefficient (Wildman–Crippen LogP) is 4.45. The number of anilines is 1. The minimum Gasteiger partial charge on any atom is -0.369 e. The van der Waals surface area contributed by atoms with Gasteiger partial charge in [-0.3, -0.25) is 9.78 Å². The van der Waals surface area contributed by atoms with Crippen LogP contribution < -0.4 is 5.32 Å². The number of carbonyl (C=O) groups is 1. The number of carbonyl (C=O) groups excluding carboxylic acids is 1. The molecule has 0 aromatic carbocycles. The molecule has 4 heterocycles. The van der Waals surface area contributed by atoms with Gasteiger partial charge in [-0.15, -0.1) is 11.3 Å². The van der Waals surface area contributed by atoms with E-state index in [1.54, 1.807) is 6.20 Å². The third-order valence-corrected chi connectivity index (χ3v) is 7.24. The fourth-order valence-electron chi connectivity index (χ4n) is 4.50. The van der Waals surface area contributed by atoms with Crippen molar-refractivity contribution in [3.63, 3.8) is 0 Å². The van der Waals surface area contributed by atoms with Gasteiger partial charge in [0.25, 0.3) is 0 Å². The molecule has 0 atom stereocenters. The van der Waals surface area contributed by atoms with Gasteiger partial charge in [-0.25, -0.2) is 9.97 Å². The first-order valence-corrected chi connectivity index (χ1v) is 11.9. The number of fused-ring (bicyclic) bond motifs is 3. The molecule has 5 rings (SSSR count). The summed E-state index contributed by atoms with van der Waals surface area (Å²) in [6.07, 6.45) is 12.0. The quantitative estimate of drug-likeness (QED) is 0.596. The Balaban J connectivity index is 1.36. The van der Waals surface area contributed by atoms with E-state index < -0.39 is 0 Å². The highest BCUT2D eigenvalue weighted by Crippen LogP contribution is 2.40. The highest BCUT2D eigenvalue weighted by Gasteiger charge is 2.23. The van der Waals surface area contributed by atoms with Crippen molar-refractivity contribution in [3.8, 4) is 11.4 Å². The zero-order valence-electron chi connectivity index (χ0n) is 17.2. The minimum atomic E-state index is 0.312. The molecule has 7 heteroatoms. The van der Waals surface area contributed by atoms with Crippen LogP contribution in [0.15, 0.2) is 24.5 Å². The van der Waals surface area contributed by atoms with E-state index in [9.17, 15) is 4.79 Å². The highest BCUT2D eigenvalue weighted by atomic mass is 32.1. The van der Waals surface area contributed by atoms with Gasteiger partial charge in [-0.05, 0) is 56.2 Å². The van der Waals surface area contributed by atoms with Crippen molar-refractivity contribution >= 4 is 33.3 Å². The number of thiophene rings is 1. The molecular formula is C23H27N5OS. The minimum absolute atomic E-state index is 0.312. The van der Waals surface area contributed by atoms with Gasteiger partial charge < -0.3 is 10.2 Å². The van der Waals surface area contributed by atoms with E-state index >= 15 is 0 Å². The topological polar surface area (TPSA) is 71.0 Å². The molecule has 2 aliphatic rings. The van der Waals surface area contributed by atoms with Gasteiger partial charge in [0.05, 0.1) is 5.39 Å². The Morgan fingerprint density at radius 3 is 2.97 bits per heavy atom. The molecule has 3 aromatic rings. The van der Waals surface area contributed by atoms with E-state index in [4.69, 9.17) is 9.97 Å². The van der Waals surface area contributed by atoms with Crippen LogP contribution in [-0.2, 0) is 17.6 Å². The van der Waals surface area contributed by atoms with Crippen molar-refractivity contribution in [2.45, 2.75) is 51.4 Å². The standard InChI is InChI=1S/C23H27N5OS/c29-19-10-2-1-3-13-28(19)14-6-12-25-22-20-17-8-4-9-18(17)30-23(20)27-21(26-22)16-7-5-11-24-15-16/h5,7,11,15H,1-4,6,8-10,12-14H2,(H,25,26,27). The van der Waals surface area contributed by atoms with Gasteiger partial charge in [0.15, 0.2) is 5.82 Å². The van der Waals surface area contributed by atoms with E-state index in [0.717, 1.165) is 73.8 Å². The largest absolute Gasteiger partial charge is 0.369 e. The van der Waals surface area contributed by atoms with E-state index in [1.165, 1.54) is 28.7 Å². The van der Waals surface area contributed by atoms with Crippen LogP contribution in [0.5, 0.6) is 0 Å². The maximum atomic E-state index is 12.2. The molecular weight excluding hydrogens is 394 g/mol. The maximum Gasteiger partial charge on any atom is 0.222 e. The Morgan fingerprint density at radius 1 is 1.10 bits per heavy atom. The van der Waals surface area contributed by atoms with Crippen LogP contribution in [0.4, 0.5) is 5.82 Å². The van der Waals surface area contributed by atoms with Gasteiger partial charge in [0.1, 0.15) is 10.6 Å². The molecule has 1 amide bonds. The normalized spacial score (nSPS) is 16.7. The Morgan fingerprint density at radius 2 is 2.07 bits per heavy atom. The summed E-state index contributed by atoms with van der Waals surface area (Å²) in [4.78, 5) is 30.8. The summed E-state index contributed by atoms with van der Waals surface area (Å²) in [6, 6.07) is 3.92. The van der Waals surface area contributed by atoms with Crippen LogP contribution in [0.25, 0.3) is 21.6 Å². The monoisotopic (exact) mass is 421 g/mol. The average molecular weight is 422 g/mol. The van der Waals surface area contributed by atoms with Crippen LogP contribution >= 0.6 is 11.3 Å². The zero-order chi connectivity index (χ0) is 20.3. The van der Waals surface area contributed by atoms with Gasteiger partial charge in [0.2, 0.25) is 5.91 Å². The number of aryl methyl sites for hydroxylation is 2. The molecule has 156 valence electrons. The lowest BCUT2D eigenvalue weighted by atomic mass is 10.1. The van der Waals surface area contributed by atoms with E-state index in [-0.39, 0.29) is 0 Å². The van der Waals surface area contributed by atoms with E-state index in [0.29, 0.717) is 12.3 Å². The predicted molar refractivity (Wildman–Crippen MR) is 121 cm³/mol. The third kappa shape index (κ3) is 3.90. The number of hydrogen-bond acceptors (Lipinski definition) is 6. The molecule has 1 N–H and O–H groups in total. The second-order valence-corrected chi connectivity index (χ2v) is 9.23. The smallest absolute Gasteiger partial charge is 0.222 e. The molecule has 0 radical (unpaired) electrons. The van der Waals surface area contributed by atoms with Crippen LogP contribution in [-0.4, -0.2) is 45.4 Å². The fraction of sp³-hybridized carbons (Fsp3) is 0.478. The van der Waals surface area contributed by atoms with Gasteiger partial charge >= 0.3 is 0 Å². The number of likely N-dealkylation sites (tertiary alicyclic amines) is 1.